The van der Waals surface area contributed by atoms with Crippen molar-refractivity contribution in [2.75, 3.05) is 12.3 Å². The fourth-order valence-corrected chi connectivity index (χ4v) is 2.46. The van der Waals surface area contributed by atoms with Crippen molar-refractivity contribution in [2.24, 2.45) is 0 Å². The van der Waals surface area contributed by atoms with Gasteiger partial charge in [0.25, 0.3) is 0 Å². The number of thioether (sulfide) groups is 1. The van der Waals surface area contributed by atoms with E-state index in [0.29, 0.717) is 30.0 Å². The quantitative estimate of drug-likeness (QED) is 0.764. The molecule has 1 aromatic carbocycles. The van der Waals surface area contributed by atoms with Gasteiger partial charge in [-0.1, -0.05) is 12.1 Å². The van der Waals surface area contributed by atoms with E-state index >= 15 is 0 Å². The maximum atomic E-state index is 13.3. The summed E-state index contributed by atoms with van der Waals surface area (Å²) in [6.45, 7) is 0.512. The van der Waals surface area contributed by atoms with Crippen LogP contribution in [0.2, 0.25) is 0 Å². The van der Waals surface area contributed by atoms with Crippen LogP contribution in [0, 0.1) is 5.82 Å². The highest BCUT2D eigenvalue weighted by Gasteiger charge is 2.05. The fourth-order valence-electron chi connectivity index (χ4n) is 1.58. The van der Waals surface area contributed by atoms with Crippen molar-refractivity contribution in [3.8, 4) is 0 Å². The van der Waals surface area contributed by atoms with Gasteiger partial charge in [0, 0.05) is 30.0 Å². The molecule has 2 N–H and O–H groups in total. The number of H-pyrrole nitrogens is 1. The zero-order chi connectivity index (χ0) is 14.2. The molecule has 0 bridgehead atoms. The third kappa shape index (κ3) is 4.65. The van der Waals surface area contributed by atoms with Crippen LogP contribution >= 0.6 is 11.8 Å². The lowest BCUT2D eigenvalue weighted by molar-refractivity contribution is -0.120. The van der Waals surface area contributed by atoms with Crippen molar-refractivity contribution >= 4 is 17.7 Å². The van der Waals surface area contributed by atoms with Crippen LogP contribution in [0.5, 0.6) is 0 Å². The molecule has 0 aliphatic rings. The van der Waals surface area contributed by atoms with Gasteiger partial charge in [-0.2, -0.15) is 5.10 Å². The van der Waals surface area contributed by atoms with Gasteiger partial charge < -0.3 is 5.32 Å². The van der Waals surface area contributed by atoms with E-state index < -0.39 is 0 Å². The molecular formula is C13H15FN4OS. The van der Waals surface area contributed by atoms with Crippen LogP contribution in [0.3, 0.4) is 0 Å². The van der Waals surface area contributed by atoms with Gasteiger partial charge in [0.05, 0.1) is 0 Å². The zero-order valence-corrected chi connectivity index (χ0v) is 11.6. The number of hydrogen-bond donors (Lipinski definition) is 2. The highest BCUT2D eigenvalue weighted by Crippen LogP contribution is 2.21. The van der Waals surface area contributed by atoms with Crippen molar-refractivity contribution in [2.45, 2.75) is 17.7 Å². The van der Waals surface area contributed by atoms with Gasteiger partial charge in [0.1, 0.15) is 18.0 Å². The normalized spacial score (nSPS) is 10.4. The molecule has 1 aromatic heterocycles. The molecule has 0 aliphatic carbocycles. The molecule has 0 aliphatic heterocycles. The topological polar surface area (TPSA) is 70.7 Å². The standard InChI is InChI=1S/C13H15FN4OS/c14-10-3-1-2-4-11(10)20-8-6-13(19)15-7-5-12-16-9-17-18-12/h1-4,9H,5-8H2,(H,15,19)(H,16,17,18). The van der Waals surface area contributed by atoms with Gasteiger partial charge in [-0.3, -0.25) is 9.89 Å². The van der Waals surface area contributed by atoms with Gasteiger partial charge in [-0.15, -0.1) is 11.8 Å². The Morgan fingerprint density at radius 2 is 2.25 bits per heavy atom. The summed E-state index contributed by atoms with van der Waals surface area (Å²) in [5.41, 5.74) is 0. The van der Waals surface area contributed by atoms with Gasteiger partial charge in [-0.05, 0) is 12.1 Å². The lowest BCUT2D eigenvalue weighted by Gasteiger charge is -2.04. The number of aromatic amines is 1. The van der Waals surface area contributed by atoms with Crippen LogP contribution in [0.25, 0.3) is 0 Å². The summed E-state index contributed by atoms with van der Waals surface area (Å²) in [7, 11) is 0. The van der Waals surface area contributed by atoms with Crippen LogP contribution in [-0.2, 0) is 11.2 Å². The van der Waals surface area contributed by atoms with E-state index in [2.05, 4.69) is 20.5 Å². The lowest BCUT2D eigenvalue weighted by atomic mass is 10.3. The highest BCUT2D eigenvalue weighted by atomic mass is 32.2. The number of rotatable bonds is 7. The number of benzene rings is 1. The Hall–Kier alpha value is -1.89. The summed E-state index contributed by atoms with van der Waals surface area (Å²) in [6, 6.07) is 6.56. The number of nitrogens with one attached hydrogen (secondary N) is 2. The third-order valence-corrected chi connectivity index (χ3v) is 3.62. The molecule has 0 fully saturated rings. The Morgan fingerprint density at radius 3 is 3.00 bits per heavy atom. The number of hydrogen-bond acceptors (Lipinski definition) is 4. The van der Waals surface area contributed by atoms with Gasteiger partial charge in [0.15, 0.2) is 0 Å². The third-order valence-electron chi connectivity index (χ3n) is 2.57. The van der Waals surface area contributed by atoms with E-state index in [0.717, 1.165) is 5.82 Å². The first-order valence-corrected chi connectivity index (χ1v) is 7.22. The Kier molecular flexibility index (Phi) is 5.55. The number of halogens is 1. The molecule has 0 saturated carbocycles. The van der Waals surface area contributed by atoms with E-state index in [4.69, 9.17) is 0 Å². The Bertz CT molecular complexity index is 547. The number of amides is 1. The Balaban J connectivity index is 1.62. The van der Waals surface area contributed by atoms with Crippen LogP contribution in [0.15, 0.2) is 35.5 Å². The summed E-state index contributed by atoms with van der Waals surface area (Å²) in [5, 5.41) is 9.24. The summed E-state index contributed by atoms with van der Waals surface area (Å²) in [5.74, 6) is 0.998. The largest absolute Gasteiger partial charge is 0.356 e. The summed E-state index contributed by atoms with van der Waals surface area (Å²) >= 11 is 1.34. The molecule has 1 amide bonds. The first-order valence-electron chi connectivity index (χ1n) is 6.24. The van der Waals surface area contributed by atoms with E-state index in [1.807, 2.05) is 0 Å². The number of aromatic nitrogens is 3. The monoisotopic (exact) mass is 294 g/mol. The second-order valence-corrected chi connectivity index (χ2v) is 5.20. The molecule has 2 rings (SSSR count). The maximum Gasteiger partial charge on any atom is 0.220 e. The van der Waals surface area contributed by atoms with E-state index in [-0.39, 0.29) is 11.7 Å². The minimum atomic E-state index is -0.247. The number of nitrogens with zero attached hydrogens (tertiary/aromatic N) is 2. The van der Waals surface area contributed by atoms with Gasteiger partial charge in [-0.25, -0.2) is 9.37 Å². The molecule has 5 nitrogen and oxygen atoms in total. The van der Waals surface area contributed by atoms with Crippen LogP contribution in [0.1, 0.15) is 12.2 Å². The van der Waals surface area contributed by atoms with Crippen molar-refractivity contribution in [1.82, 2.24) is 20.5 Å². The lowest BCUT2D eigenvalue weighted by Crippen LogP contribution is -2.26. The zero-order valence-electron chi connectivity index (χ0n) is 10.8. The molecule has 0 radical (unpaired) electrons. The van der Waals surface area contributed by atoms with Crippen LogP contribution < -0.4 is 5.32 Å². The predicted molar refractivity (Wildman–Crippen MR) is 74.8 cm³/mol. The SMILES string of the molecule is O=C(CCSc1ccccc1F)NCCc1ncn[nH]1. The molecule has 2 aromatic rings. The molecule has 20 heavy (non-hydrogen) atoms. The van der Waals surface area contributed by atoms with E-state index in [1.54, 1.807) is 18.2 Å². The van der Waals surface area contributed by atoms with Crippen molar-refractivity contribution in [3.63, 3.8) is 0 Å². The smallest absolute Gasteiger partial charge is 0.220 e. The van der Waals surface area contributed by atoms with Crippen molar-refractivity contribution in [3.05, 3.63) is 42.2 Å². The second kappa shape index (κ2) is 7.64. The molecule has 7 heteroatoms. The van der Waals surface area contributed by atoms with E-state index in [1.165, 1.54) is 24.2 Å². The molecule has 0 spiro atoms. The second-order valence-electron chi connectivity index (χ2n) is 4.06. The molecule has 106 valence electrons. The molecule has 0 saturated heterocycles. The van der Waals surface area contributed by atoms with Crippen molar-refractivity contribution < 1.29 is 9.18 Å². The van der Waals surface area contributed by atoms with Gasteiger partial charge >= 0.3 is 0 Å². The average molecular weight is 294 g/mol. The van der Waals surface area contributed by atoms with Crippen LogP contribution in [0.4, 0.5) is 4.39 Å². The van der Waals surface area contributed by atoms with Crippen LogP contribution in [-0.4, -0.2) is 33.4 Å². The average Bonchev–Trinajstić information content (AvgIpc) is 2.94. The summed E-state index contributed by atoms with van der Waals surface area (Å²) < 4.78 is 13.3. The summed E-state index contributed by atoms with van der Waals surface area (Å²) in [6.07, 6.45) is 2.41. The minimum absolute atomic E-state index is 0.0478. The predicted octanol–water partition coefficient (Wildman–Crippen LogP) is 1.78. The fraction of sp³-hybridized carbons (Fsp3) is 0.308. The highest BCUT2D eigenvalue weighted by molar-refractivity contribution is 7.99. The molecule has 0 unspecified atom stereocenters. The molecule has 0 atom stereocenters. The molecular weight excluding hydrogens is 279 g/mol. The first kappa shape index (κ1) is 14.5. The number of carbonyl (C=O) groups is 1. The Labute approximate surface area is 120 Å². The Morgan fingerprint density at radius 1 is 1.40 bits per heavy atom. The minimum Gasteiger partial charge on any atom is -0.356 e. The molecule has 1 heterocycles. The van der Waals surface area contributed by atoms with Gasteiger partial charge in [0.2, 0.25) is 5.91 Å². The first-order chi connectivity index (χ1) is 9.75. The maximum absolute atomic E-state index is 13.3. The van der Waals surface area contributed by atoms with Crippen molar-refractivity contribution in [1.29, 1.82) is 0 Å². The summed E-state index contributed by atoms with van der Waals surface area (Å²) in [4.78, 5) is 16.1. The number of carbonyl (C=O) groups excluding carboxylic acids is 1. The van der Waals surface area contributed by atoms with E-state index in [9.17, 15) is 9.18 Å².